The fraction of sp³-hybridized carbons (Fsp3) is 0.409. The van der Waals surface area contributed by atoms with Crippen LogP contribution in [0.3, 0.4) is 0 Å². The summed E-state index contributed by atoms with van der Waals surface area (Å²) in [6, 6.07) is 8.94. The van der Waals surface area contributed by atoms with E-state index in [9.17, 15) is 14.9 Å². The molecule has 0 spiro atoms. The summed E-state index contributed by atoms with van der Waals surface area (Å²) in [4.78, 5) is 26.9. The Kier molecular flexibility index (Phi) is 7.15. The molecule has 1 atom stereocenters. The number of ether oxygens (including phenoxy) is 4. The smallest absolute Gasteiger partial charge is 0.338 e. The molecule has 3 rings (SSSR count). The number of nitrogens with two attached hydrogens (primary N) is 1. The van der Waals surface area contributed by atoms with E-state index < -0.39 is 11.9 Å². The predicted molar refractivity (Wildman–Crippen MR) is 109 cm³/mol. The third kappa shape index (κ3) is 4.81. The lowest BCUT2D eigenvalue weighted by atomic mass is 9.82. The first-order chi connectivity index (χ1) is 15.0. The van der Waals surface area contributed by atoms with E-state index >= 15 is 0 Å². The van der Waals surface area contributed by atoms with Gasteiger partial charge in [-0.1, -0.05) is 18.2 Å². The van der Waals surface area contributed by atoms with Crippen molar-refractivity contribution >= 4 is 11.9 Å². The lowest BCUT2D eigenvalue weighted by Gasteiger charge is -2.29. The maximum atomic E-state index is 12.7. The minimum atomic E-state index is -0.840. The normalized spacial score (nSPS) is 18.9. The van der Waals surface area contributed by atoms with Crippen molar-refractivity contribution in [3.63, 3.8) is 0 Å². The van der Waals surface area contributed by atoms with Crippen LogP contribution in [0, 0.1) is 11.3 Å². The van der Waals surface area contributed by atoms with Crippen molar-refractivity contribution < 1.29 is 28.5 Å². The molecule has 164 valence electrons. The van der Waals surface area contributed by atoms with Crippen molar-refractivity contribution in [2.45, 2.75) is 19.8 Å². The van der Waals surface area contributed by atoms with Crippen LogP contribution in [0.1, 0.15) is 25.3 Å². The average molecular weight is 427 g/mol. The number of carbonyl (C=O) groups excluding carboxylic acids is 2. The molecule has 2 heterocycles. The third-order valence-electron chi connectivity index (χ3n) is 5.05. The number of carbonyl (C=O) groups is 2. The number of rotatable bonds is 6. The van der Waals surface area contributed by atoms with E-state index in [2.05, 4.69) is 0 Å². The largest absolute Gasteiger partial charge is 0.483 e. The van der Waals surface area contributed by atoms with Gasteiger partial charge in [-0.05, 0) is 19.9 Å². The first kappa shape index (κ1) is 22.2. The van der Waals surface area contributed by atoms with E-state index in [1.807, 2.05) is 6.07 Å². The van der Waals surface area contributed by atoms with E-state index in [-0.39, 0.29) is 41.9 Å². The van der Waals surface area contributed by atoms with Crippen molar-refractivity contribution in [2.24, 2.45) is 5.73 Å². The third-order valence-corrected chi connectivity index (χ3v) is 5.05. The highest BCUT2D eigenvalue weighted by Gasteiger charge is 2.37. The topological polar surface area (TPSA) is 124 Å². The molecular weight excluding hydrogens is 402 g/mol. The number of esters is 1. The zero-order chi connectivity index (χ0) is 22.4. The van der Waals surface area contributed by atoms with E-state index in [1.165, 1.54) is 0 Å². The van der Waals surface area contributed by atoms with Gasteiger partial charge in [-0.25, -0.2) is 4.79 Å². The Morgan fingerprint density at radius 3 is 2.68 bits per heavy atom. The first-order valence-electron chi connectivity index (χ1n) is 10.0. The fourth-order valence-electron chi connectivity index (χ4n) is 3.56. The summed E-state index contributed by atoms with van der Waals surface area (Å²) < 4.78 is 21.7. The summed E-state index contributed by atoms with van der Waals surface area (Å²) in [7, 11) is 0. The van der Waals surface area contributed by atoms with Crippen LogP contribution in [-0.2, 0) is 23.8 Å². The molecule has 1 saturated heterocycles. The van der Waals surface area contributed by atoms with Gasteiger partial charge >= 0.3 is 5.97 Å². The van der Waals surface area contributed by atoms with Crippen LogP contribution < -0.4 is 10.5 Å². The molecule has 1 fully saturated rings. The summed E-state index contributed by atoms with van der Waals surface area (Å²) in [5.41, 5.74) is 6.71. The second-order valence-corrected chi connectivity index (χ2v) is 6.93. The van der Waals surface area contributed by atoms with E-state index in [0.29, 0.717) is 37.6 Å². The molecule has 2 N–H and O–H groups in total. The van der Waals surface area contributed by atoms with Crippen LogP contribution in [0.2, 0.25) is 0 Å². The van der Waals surface area contributed by atoms with Gasteiger partial charge in [0.25, 0.3) is 5.91 Å². The fourth-order valence-corrected chi connectivity index (χ4v) is 3.56. The maximum absolute atomic E-state index is 12.7. The second-order valence-electron chi connectivity index (χ2n) is 6.93. The summed E-state index contributed by atoms with van der Waals surface area (Å²) in [5.74, 6) is -1.09. The quantitative estimate of drug-likeness (QED) is 0.679. The van der Waals surface area contributed by atoms with Crippen molar-refractivity contribution in [3.8, 4) is 11.8 Å². The molecule has 0 bridgehead atoms. The van der Waals surface area contributed by atoms with Crippen LogP contribution >= 0.6 is 0 Å². The number of hydrogen-bond acceptors (Lipinski definition) is 8. The molecule has 9 heteroatoms. The molecule has 1 amide bonds. The lowest BCUT2D eigenvalue weighted by Crippen LogP contribution is -2.43. The number of nitriles is 1. The van der Waals surface area contributed by atoms with E-state index in [0.717, 1.165) is 0 Å². The molecule has 9 nitrogen and oxygen atoms in total. The minimum absolute atomic E-state index is 0.0733. The molecule has 1 aromatic carbocycles. The summed E-state index contributed by atoms with van der Waals surface area (Å²) in [6.07, 6.45) is 0. The summed E-state index contributed by atoms with van der Waals surface area (Å²) in [6.45, 7) is 5.27. The molecule has 0 aliphatic carbocycles. The van der Waals surface area contributed by atoms with Crippen LogP contribution in [0.5, 0.6) is 5.75 Å². The molecule has 31 heavy (non-hydrogen) atoms. The zero-order valence-electron chi connectivity index (χ0n) is 17.6. The molecular formula is C22H25N3O6. The summed E-state index contributed by atoms with van der Waals surface area (Å²) >= 11 is 0. The molecule has 2 aliphatic heterocycles. The van der Waals surface area contributed by atoms with Gasteiger partial charge in [0.15, 0.2) is 6.61 Å². The van der Waals surface area contributed by atoms with Crippen molar-refractivity contribution in [1.82, 2.24) is 4.90 Å². The van der Waals surface area contributed by atoms with Gasteiger partial charge in [0, 0.05) is 18.7 Å². The Bertz CT molecular complexity index is 956. The van der Waals surface area contributed by atoms with Gasteiger partial charge in [-0.15, -0.1) is 0 Å². The Labute approximate surface area is 180 Å². The number of para-hydroxylation sites is 1. The molecule has 0 radical (unpaired) electrons. The van der Waals surface area contributed by atoms with Crippen LogP contribution in [0.4, 0.5) is 0 Å². The highest BCUT2D eigenvalue weighted by molar-refractivity contribution is 5.92. The van der Waals surface area contributed by atoms with Gasteiger partial charge in [0.1, 0.15) is 23.2 Å². The highest BCUT2D eigenvalue weighted by Crippen LogP contribution is 2.42. The highest BCUT2D eigenvalue weighted by atomic mass is 16.5. The van der Waals surface area contributed by atoms with Gasteiger partial charge in [-0.3, -0.25) is 4.79 Å². The molecule has 2 aliphatic rings. The molecule has 0 saturated carbocycles. The first-order valence-corrected chi connectivity index (χ1v) is 10.0. The van der Waals surface area contributed by atoms with E-state index in [4.69, 9.17) is 24.7 Å². The number of benzene rings is 1. The van der Waals surface area contributed by atoms with Crippen LogP contribution in [-0.4, -0.2) is 56.3 Å². The standard InChI is InChI=1S/C22H25N3O6/c1-3-29-22(27)19-14(2)31-21(24)16(12-23)20(19)15-6-4-5-7-17(15)30-13-18(26)25-8-10-28-11-9-25/h4-7,20H,3,8-11,13,24H2,1-2H3/t20-/m1/s1. The SMILES string of the molecule is CCOC(=O)C1=C(C)OC(N)=C(C#N)[C@H]1c1ccccc1OCC(=O)N1CCOCC1. The average Bonchev–Trinajstić information content (AvgIpc) is 2.78. The van der Waals surface area contributed by atoms with Crippen LogP contribution in [0.25, 0.3) is 0 Å². The number of amides is 1. The Morgan fingerprint density at radius 2 is 2.00 bits per heavy atom. The number of morpholine rings is 1. The Morgan fingerprint density at radius 1 is 1.29 bits per heavy atom. The van der Waals surface area contributed by atoms with Gasteiger partial charge < -0.3 is 29.6 Å². The van der Waals surface area contributed by atoms with Crippen molar-refractivity contribution in [2.75, 3.05) is 39.5 Å². The van der Waals surface area contributed by atoms with Gasteiger partial charge in [0.05, 0.1) is 31.3 Å². The van der Waals surface area contributed by atoms with Crippen molar-refractivity contribution in [3.05, 3.63) is 52.6 Å². The van der Waals surface area contributed by atoms with Gasteiger partial charge in [0.2, 0.25) is 5.88 Å². The maximum Gasteiger partial charge on any atom is 0.338 e. The second kappa shape index (κ2) is 10.00. The lowest BCUT2D eigenvalue weighted by molar-refractivity contribution is -0.139. The molecule has 0 aromatic heterocycles. The van der Waals surface area contributed by atoms with Crippen molar-refractivity contribution in [1.29, 1.82) is 5.26 Å². The van der Waals surface area contributed by atoms with Gasteiger partial charge in [-0.2, -0.15) is 5.26 Å². The summed E-state index contributed by atoms with van der Waals surface area (Å²) in [5, 5.41) is 9.73. The number of hydrogen-bond donors (Lipinski definition) is 1. The minimum Gasteiger partial charge on any atom is -0.483 e. The zero-order valence-corrected chi connectivity index (χ0v) is 17.6. The monoisotopic (exact) mass is 427 g/mol. The van der Waals surface area contributed by atoms with E-state index in [1.54, 1.807) is 43.0 Å². The Hall–Kier alpha value is -3.51. The predicted octanol–water partition coefficient (Wildman–Crippen LogP) is 1.57. The molecule has 1 aromatic rings. The number of nitrogens with zero attached hydrogens (tertiary/aromatic N) is 2. The number of allylic oxidation sites excluding steroid dienone is 2. The Balaban J connectivity index is 1.93. The molecule has 0 unspecified atom stereocenters. The van der Waals surface area contributed by atoms with Crippen LogP contribution in [0.15, 0.2) is 47.1 Å².